The number of rotatable bonds is 5. The van der Waals surface area contributed by atoms with Crippen molar-refractivity contribution in [1.29, 1.82) is 0 Å². The number of hydrogen-bond acceptors (Lipinski definition) is 5. The standard InChI is InChI=1S/C18H24N2O3/c1-11-12(2)15(19)5-4-13(11)8-14-9-18(23)16(10-17(14)22)20(3)6-7-21/h4-5,9-10,21-23H,6-8,19H2,1-3H3. The zero-order valence-corrected chi connectivity index (χ0v) is 13.8. The second-order valence-corrected chi connectivity index (χ2v) is 5.86. The maximum Gasteiger partial charge on any atom is 0.139 e. The molecule has 5 nitrogen and oxygen atoms in total. The smallest absolute Gasteiger partial charge is 0.139 e. The van der Waals surface area contributed by atoms with Crippen molar-refractivity contribution >= 4 is 11.4 Å². The van der Waals surface area contributed by atoms with Gasteiger partial charge in [0.05, 0.1) is 12.3 Å². The first-order valence-electron chi connectivity index (χ1n) is 7.56. The van der Waals surface area contributed by atoms with Crippen LogP contribution < -0.4 is 10.6 Å². The summed E-state index contributed by atoms with van der Waals surface area (Å²) >= 11 is 0. The quantitative estimate of drug-likeness (QED) is 0.502. The first-order valence-corrected chi connectivity index (χ1v) is 7.56. The topological polar surface area (TPSA) is 90.0 Å². The number of aliphatic hydroxyl groups is 1. The lowest BCUT2D eigenvalue weighted by molar-refractivity contribution is 0.303. The molecule has 0 heterocycles. The second kappa shape index (κ2) is 6.79. The van der Waals surface area contributed by atoms with Gasteiger partial charge in [-0.15, -0.1) is 0 Å². The van der Waals surface area contributed by atoms with Gasteiger partial charge in [0.1, 0.15) is 11.5 Å². The van der Waals surface area contributed by atoms with Crippen LogP contribution in [0.5, 0.6) is 11.5 Å². The van der Waals surface area contributed by atoms with Crippen molar-refractivity contribution in [1.82, 2.24) is 0 Å². The highest BCUT2D eigenvalue weighted by atomic mass is 16.3. The van der Waals surface area contributed by atoms with Gasteiger partial charge < -0.3 is 26.0 Å². The van der Waals surface area contributed by atoms with Crippen LogP contribution in [0.2, 0.25) is 0 Å². The predicted octanol–water partition coefficient (Wildman–Crippen LogP) is 2.32. The zero-order chi connectivity index (χ0) is 17.1. The normalized spacial score (nSPS) is 10.8. The number of nitrogens with two attached hydrogens (primary N) is 1. The number of benzene rings is 2. The Morgan fingerprint density at radius 2 is 1.70 bits per heavy atom. The molecule has 0 aromatic heterocycles. The van der Waals surface area contributed by atoms with Crippen LogP contribution in [0.1, 0.15) is 22.3 Å². The summed E-state index contributed by atoms with van der Waals surface area (Å²) in [5.41, 5.74) is 11.0. The van der Waals surface area contributed by atoms with E-state index in [1.165, 1.54) is 6.07 Å². The van der Waals surface area contributed by atoms with E-state index in [1.54, 1.807) is 18.0 Å². The molecular formula is C18H24N2O3. The molecule has 5 N–H and O–H groups in total. The Morgan fingerprint density at radius 3 is 2.35 bits per heavy atom. The minimum atomic E-state index is -0.0254. The average molecular weight is 316 g/mol. The molecule has 2 aromatic rings. The van der Waals surface area contributed by atoms with Gasteiger partial charge in [-0.1, -0.05) is 6.07 Å². The largest absolute Gasteiger partial charge is 0.508 e. The Morgan fingerprint density at radius 1 is 1.00 bits per heavy atom. The summed E-state index contributed by atoms with van der Waals surface area (Å²) in [5.74, 6) is 0.204. The van der Waals surface area contributed by atoms with Crippen LogP contribution >= 0.6 is 0 Å². The lowest BCUT2D eigenvalue weighted by Crippen LogP contribution is -2.21. The molecule has 0 bridgehead atoms. The first-order chi connectivity index (χ1) is 10.8. The summed E-state index contributed by atoms with van der Waals surface area (Å²) in [6.45, 7) is 4.32. The van der Waals surface area contributed by atoms with Gasteiger partial charge in [0.25, 0.3) is 0 Å². The molecule has 0 aliphatic carbocycles. The van der Waals surface area contributed by atoms with Crippen molar-refractivity contribution in [2.75, 3.05) is 30.8 Å². The molecule has 124 valence electrons. The monoisotopic (exact) mass is 316 g/mol. The van der Waals surface area contributed by atoms with E-state index in [0.29, 0.717) is 24.2 Å². The fraction of sp³-hybridized carbons (Fsp3) is 0.333. The van der Waals surface area contributed by atoms with Crippen LogP contribution in [0, 0.1) is 13.8 Å². The molecule has 0 spiro atoms. The van der Waals surface area contributed by atoms with E-state index in [1.807, 2.05) is 26.0 Å². The molecule has 0 fully saturated rings. The highest BCUT2D eigenvalue weighted by Crippen LogP contribution is 2.35. The van der Waals surface area contributed by atoms with Crippen molar-refractivity contribution in [3.05, 3.63) is 46.5 Å². The highest BCUT2D eigenvalue weighted by Gasteiger charge is 2.14. The van der Waals surface area contributed by atoms with Crippen LogP contribution in [0.15, 0.2) is 24.3 Å². The average Bonchev–Trinajstić information content (AvgIpc) is 2.51. The minimum absolute atomic E-state index is 0.0254. The Balaban J connectivity index is 2.35. The highest BCUT2D eigenvalue weighted by molar-refractivity contribution is 5.63. The summed E-state index contributed by atoms with van der Waals surface area (Å²) in [6, 6.07) is 6.90. The van der Waals surface area contributed by atoms with Crippen molar-refractivity contribution in [3.8, 4) is 11.5 Å². The Hall–Kier alpha value is -2.40. The fourth-order valence-corrected chi connectivity index (χ4v) is 2.62. The van der Waals surface area contributed by atoms with Crippen LogP contribution in [-0.4, -0.2) is 35.5 Å². The van der Waals surface area contributed by atoms with Crippen LogP contribution in [0.25, 0.3) is 0 Å². The number of likely N-dealkylation sites (N-methyl/N-ethyl adjacent to an activating group) is 1. The number of phenolic OH excluding ortho intramolecular Hbond substituents is 2. The van der Waals surface area contributed by atoms with Gasteiger partial charge in [-0.2, -0.15) is 0 Å². The second-order valence-electron chi connectivity index (χ2n) is 5.86. The molecule has 0 aliphatic rings. The maximum atomic E-state index is 10.3. The molecule has 0 saturated heterocycles. The van der Waals surface area contributed by atoms with E-state index in [4.69, 9.17) is 10.8 Å². The first kappa shape index (κ1) is 17.0. The number of aromatic hydroxyl groups is 2. The number of nitrogens with zero attached hydrogens (tertiary/aromatic N) is 1. The Bertz CT molecular complexity index is 714. The third kappa shape index (κ3) is 3.51. The van der Waals surface area contributed by atoms with E-state index in [0.717, 1.165) is 22.4 Å². The van der Waals surface area contributed by atoms with Crippen molar-refractivity contribution in [2.45, 2.75) is 20.3 Å². The van der Waals surface area contributed by atoms with Gasteiger partial charge in [0, 0.05) is 37.3 Å². The third-order valence-corrected chi connectivity index (χ3v) is 4.34. The molecular weight excluding hydrogens is 292 g/mol. The van der Waals surface area contributed by atoms with Gasteiger partial charge >= 0.3 is 0 Å². The molecule has 0 radical (unpaired) electrons. The fourth-order valence-electron chi connectivity index (χ4n) is 2.62. The van der Waals surface area contributed by atoms with Crippen molar-refractivity contribution in [2.24, 2.45) is 0 Å². The number of anilines is 2. The van der Waals surface area contributed by atoms with Crippen LogP contribution in [0.3, 0.4) is 0 Å². The molecule has 0 unspecified atom stereocenters. The molecule has 5 heteroatoms. The summed E-state index contributed by atoms with van der Waals surface area (Å²) < 4.78 is 0. The van der Waals surface area contributed by atoms with Crippen LogP contribution in [-0.2, 0) is 6.42 Å². The van der Waals surface area contributed by atoms with E-state index in [2.05, 4.69) is 0 Å². The minimum Gasteiger partial charge on any atom is -0.508 e. The summed E-state index contributed by atoms with van der Waals surface area (Å²) in [5, 5.41) is 29.5. The van der Waals surface area contributed by atoms with E-state index in [-0.39, 0.29) is 18.1 Å². The van der Waals surface area contributed by atoms with Crippen LogP contribution in [0.4, 0.5) is 11.4 Å². The number of hydrogen-bond donors (Lipinski definition) is 4. The molecule has 0 saturated carbocycles. The summed E-state index contributed by atoms with van der Waals surface area (Å²) in [6.07, 6.45) is 0.510. The predicted molar refractivity (Wildman–Crippen MR) is 93.3 cm³/mol. The molecule has 0 aliphatic heterocycles. The third-order valence-electron chi connectivity index (χ3n) is 4.34. The lowest BCUT2D eigenvalue weighted by Gasteiger charge is -2.20. The van der Waals surface area contributed by atoms with Gasteiger partial charge in [0.2, 0.25) is 0 Å². The summed E-state index contributed by atoms with van der Waals surface area (Å²) in [7, 11) is 1.75. The number of nitrogen functional groups attached to an aromatic ring is 1. The molecule has 23 heavy (non-hydrogen) atoms. The molecule has 2 aromatic carbocycles. The van der Waals surface area contributed by atoms with Gasteiger partial charge in [0.15, 0.2) is 0 Å². The molecule has 0 amide bonds. The number of phenols is 2. The lowest BCUT2D eigenvalue weighted by atomic mass is 9.95. The van der Waals surface area contributed by atoms with Crippen molar-refractivity contribution < 1.29 is 15.3 Å². The van der Waals surface area contributed by atoms with Gasteiger partial charge in [-0.25, -0.2) is 0 Å². The molecule has 0 atom stereocenters. The van der Waals surface area contributed by atoms with Gasteiger partial charge in [-0.05, 0) is 42.7 Å². The van der Waals surface area contributed by atoms with E-state index >= 15 is 0 Å². The van der Waals surface area contributed by atoms with E-state index in [9.17, 15) is 10.2 Å². The van der Waals surface area contributed by atoms with E-state index < -0.39 is 0 Å². The Kier molecular flexibility index (Phi) is 5.01. The summed E-state index contributed by atoms with van der Waals surface area (Å²) in [4.78, 5) is 1.69. The SMILES string of the molecule is Cc1c(N)ccc(Cc2cc(O)c(N(C)CCO)cc2O)c1C. The molecule has 2 rings (SSSR count). The Labute approximate surface area is 136 Å². The zero-order valence-electron chi connectivity index (χ0n) is 13.8. The van der Waals surface area contributed by atoms with Crippen molar-refractivity contribution in [3.63, 3.8) is 0 Å². The maximum absolute atomic E-state index is 10.3. The van der Waals surface area contributed by atoms with Gasteiger partial charge in [-0.3, -0.25) is 0 Å². The number of aliphatic hydroxyl groups excluding tert-OH is 1.